The van der Waals surface area contributed by atoms with E-state index < -0.39 is 5.82 Å². The zero-order valence-electron chi connectivity index (χ0n) is 9.92. The first kappa shape index (κ1) is 12.7. The number of hydrogen-bond acceptors (Lipinski definition) is 2. The molecule has 1 rings (SSSR count). The molecule has 1 unspecified atom stereocenters. The average Bonchev–Trinajstić information content (AvgIpc) is 2.29. The number of rotatable bonds is 5. The van der Waals surface area contributed by atoms with Crippen LogP contribution in [0.1, 0.15) is 37.0 Å². The molecule has 16 heavy (non-hydrogen) atoms. The van der Waals surface area contributed by atoms with Gasteiger partial charge >= 0.3 is 0 Å². The average molecular weight is 224 g/mol. The molecule has 0 saturated heterocycles. The van der Waals surface area contributed by atoms with E-state index in [1.807, 2.05) is 13.8 Å². The topological polar surface area (TPSA) is 26.3 Å². The third-order valence-electron chi connectivity index (χ3n) is 2.70. The maximum atomic E-state index is 13.1. The lowest BCUT2D eigenvalue weighted by Gasteiger charge is -2.08. The Morgan fingerprint density at radius 2 is 2.19 bits per heavy atom. The molecule has 0 bridgehead atoms. The molecule has 0 radical (unpaired) electrons. The standard InChI is InChI=1S/C13H17FO2/c1-4-9(2)7-12(15)10-5-6-11(14)13(8-10)16-3/h5-6,8-9H,4,7H2,1-3H3. The fourth-order valence-electron chi connectivity index (χ4n) is 1.41. The van der Waals surface area contributed by atoms with Gasteiger partial charge in [-0.05, 0) is 24.1 Å². The van der Waals surface area contributed by atoms with Crippen LogP contribution in [0.15, 0.2) is 18.2 Å². The van der Waals surface area contributed by atoms with Crippen LogP contribution in [0.3, 0.4) is 0 Å². The molecule has 0 amide bonds. The molecule has 88 valence electrons. The van der Waals surface area contributed by atoms with E-state index in [2.05, 4.69) is 0 Å². The molecule has 0 fully saturated rings. The maximum absolute atomic E-state index is 13.1. The van der Waals surface area contributed by atoms with Gasteiger partial charge in [-0.15, -0.1) is 0 Å². The van der Waals surface area contributed by atoms with E-state index >= 15 is 0 Å². The predicted molar refractivity (Wildman–Crippen MR) is 61.4 cm³/mol. The lowest BCUT2D eigenvalue weighted by Crippen LogP contribution is -2.05. The molecule has 0 aliphatic carbocycles. The van der Waals surface area contributed by atoms with Crippen LogP contribution in [0.2, 0.25) is 0 Å². The zero-order chi connectivity index (χ0) is 12.1. The lowest BCUT2D eigenvalue weighted by molar-refractivity contribution is 0.0963. The summed E-state index contributed by atoms with van der Waals surface area (Å²) < 4.78 is 18.0. The van der Waals surface area contributed by atoms with E-state index in [0.717, 1.165) is 6.42 Å². The van der Waals surface area contributed by atoms with E-state index in [1.54, 1.807) is 0 Å². The molecule has 0 N–H and O–H groups in total. The fraction of sp³-hybridized carbons (Fsp3) is 0.462. The minimum absolute atomic E-state index is 0.0349. The molecule has 2 nitrogen and oxygen atoms in total. The molecular weight excluding hydrogens is 207 g/mol. The van der Waals surface area contributed by atoms with Gasteiger partial charge in [-0.2, -0.15) is 0 Å². The Morgan fingerprint density at radius 1 is 1.50 bits per heavy atom. The summed E-state index contributed by atoms with van der Waals surface area (Å²) in [7, 11) is 1.39. The maximum Gasteiger partial charge on any atom is 0.165 e. The number of ketones is 1. The van der Waals surface area contributed by atoms with Gasteiger partial charge in [-0.1, -0.05) is 20.3 Å². The highest BCUT2D eigenvalue weighted by atomic mass is 19.1. The van der Waals surface area contributed by atoms with Gasteiger partial charge in [0.15, 0.2) is 17.3 Å². The van der Waals surface area contributed by atoms with Crippen molar-refractivity contribution in [1.29, 1.82) is 0 Å². The molecule has 0 aromatic heterocycles. The lowest BCUT2D eigenvalue weighted by atomic mass is 9.98. The monoisotopic (exact) mass is 224 g/mol. The summed E-state index contributed by atoms with van der Waals surface area (Å²) in [6, 6.07) is 4.23. The predicted octanol–water partition coefficient (Wildman–Crippen LogP) is 3.45. The summed E-state index contributed by atoms with van der Waals surface area (Å²) >= 11 is 0. The number of carbonyl (C=O) groups is 1. The number of ether oxygens (including phenoxy) is 1. The summed E-state index contributed by atoms with van der Waals surface area (Å²) in [6.45, 7) is 4.07. The highest BCUT2D eigenvalue weighted by molar-refractivity contribution is 5.96. The van der Waals surface area contributed by atoms with Gasteiger partial charge in [0.2, 0.25) is 0 Å². The highest BCUT2D eigenvalue weighted by Gasteiger charge is 2.12. The van der Waals surface area contributed by atoms with Crippen LogP contribution in [0.4, 0.5) is 4.39 Å². The van der Waals surface area contributed by atoms with Crippen molar-refractivity contribution in [2.24, 2.45) is 5.92 Å². The van der Waals surface area contributed by atoms with Crippen molar-refractivity contribution in [3.05, 3.63) is 29.6 Å². The Labute approximate surface area is 95.4 Å². The summed E-state index contributed by atoms with van der Waals surface area (Å²) in [5.41, 5.74) is 0.513. The fourth-order valence-corrected chi connectivity index (χ4v) is 1.41. The smallest absolute Gasteiger partial charge is 0.165 e. The zero-order valence-corrected chi connectivity index (χ0v) is 9.92. The van der Waals surface area contributed by atoms with E-state index in [4.69, 9.17) is 4.74 Å². The van der Waals surface area contributed by atoms with Crippen LogP contribution in [0.25, 0.3) is 0 Å². The molecule has 0 aliphatic heterocycles. The van der Waals surface area contributed by atoms with Gasteiger partial charge in [-0.3, -0.25) is 4.79 Å². The van der Waals surface area contributed by atoms with Crippen LogP contribution < -0.4 is 4.74 Å². The second-order valence-corrected chi connectivity index (χ2v) is 3.99. The van der Waals surface area contributed by atoms with Crippen LogP contribution in [0, 0.1) is 11.7 Å². The Balaban J connectivity index is 2.84. The second-order valence-electron chi connectivity index (χ2n) is 3.99. The molecule has 1 atom stereocenters. The number of benzene rings is 1. The van der Waals surface area contributed by atoms with E-state index in [1.165, 1.54) is 25.3 Å². The Kier molecular flexibility index (Phi) is 4.47. The van der Waals surface area contributed by atoms with Crippen molar-refractivity contribution >= 4 is 5.78 Å². The third-order valence-corrected chi connectivity index (χ3v) is 2.70. The Hall–Kier alpha value is -1.38. The van der Waals surface area contributed by atoms with Gasteiger partial charge in [0.1, 0.15) is 0 Å². The number of methoxy groups -OCH3 is 1. The first-order valence-electron chi connectivity index (χ1n) is 5.45. The first-order valence-corrected chi connectivity index (χ1v) is 5.45. The molecule has 0 heterocycles. The van der Waals surface area contributed by atoms with Gasteiger partial charge < -0.3 is 4.74 Å². The summed E-state index contributed by atoms with van der Waals surface area (Å²) in [5, 5.41) is 0. The van der Waals surface area contributed by atoms with Crippen molar-refractivity contribution in [3.8, 4) is 5.75 Å². The van der Waals surface area contributed by atoms with Gasteiger partial charge in [0, 0.05) is 12.0 Å². The third kappa shape index (κ3) is 3.05. The van der Waals surface area contributed by atoms with Gasteiger partial charge in [-0.25, -0.2) is 4.39 Å². The van der Waals surface area contributed by atoms with E-state index in [-0.39, 0.29) is 11.5 Å². The number of halogens is 1. The molecule has 1 aromatic rings. The van der Waals surface area contributed by atoms with Crippen LogP contribution in [-0.2, 0) is 0 Å². The normalized spacial score (nSPS) is 12.2. The minimum atomic E-state index is -0.442. The van der Waals surface area contributed by atoms with Crippen LogP contribution >= 0.6 is 0 Å². The highest BCUT2D eigenvalue weighted by Crippen LogP contribution is 2.20. The SMILES string of the molecule is CCC(C)CC(=O)c1ccc(F)c(OC)c1. The van der Waals surface area contributed by atoms with Crippen molar-refractivity contribution in [2.45, 2.75) is 26.7 Å². The van der Waals surface area contributed by atoms with Crippen LogP contribution in [-0.4, -0.2) is 12.9 Å². The molecule has 0 spiro atoms. The molecule has 0 aliphatic rings. The summed E-state index contributed by atoms with van der Waals surface area (Å²) in [5.74, 6) is 0.0637. The number of Topliss-reactive ketones (excluding diaryl/α,β-unsaturated/α-hetero) is 1. The minimum Gasteiger partial charge on any atom is -0.494 e. The largest absolute Gasteiger partial charge is 0.494 e. The number of hydrogen-bond donors (Lipinski definition) is 0. The second kappa shape index (κ2) is 5.64. The van der Waals surface area contributed by atoms with Crippen molar-refractivity contribution in [2.75, 3.05) is 7.11 Å². The first-order chi connectivity index (χ1) is 7.58. The van der Waals surface area contributed by atoms with Crippen molar-refractivity contribution in [1.82, 2.24) is 0 Å². The molecule has 0 saturated carbocycles. The Morgan fingerprint density at radius 3 is 2.75 bits per heavy atom. The summed E-state index contributed by atoms with van der Waals surface area (Å²) in [6.07, 6.45) is 1.45. The molecule has 3 heteroatoms. The molecular formula is C13H17FO2. The van der Waals surface area contributed by atoms with Crippen molar-refractivity contribution < 1.29 is 13.9 Å². The van der Waals surface area contributed by atoms with Gasteiger partial charge in [0.05, 0.1) is 7.11 Å². The molecule has 1 aromatic carbocycles. The quantitative estimate of drug-likeness (QED) is 0.716. The number of carbonyl (C=O) groups excluding carboxylic acids is 1. The van der Waals surface area contributed by atoms with Crippen molar-refractivity contribution in [3.63, 3.8) is 0 Å². The van der Waals surface area contributed by atoms with E-state index in [0.29, 0.717) is 17.9 Å². The summed E-state index contributed by atoms with van der Waals surface area (Å²) in [4.78, 5) is 11.8. The van der Waals surface area contributed by atoms with Crippen LogP contribution in [0.5, 0.6) is 5.75 Å². The van der Waals surface area contributed by atoms with E-state index in [9.17, 15) is 9.18 Å². The van der Waals surface area contributed by atoms with Gasteiger partial charge in [0.25, 0.3) is 0 Å². The Bertz CT molecular complexity index is 374.